The molecule has 2 amide bonds. The van der Waals surface area contributed by atoms with Gasteiger partial charge in [-0.05, 0) is 36.9 Å². The van der Waals surface area contributed by atoms with Crippen molar-refractivity contribution in [3.05, 3.63) is 54.1 Å². The van der Waals surface area contributed by atoms with Crippen molar-refractivity contribution >= 4 is 35.6 Å². The highest BCUT2D eigenvalue weighted by atomic mass is 16.3. The maximum atomic E-state index is 12.1. The van der Waals surface area contributed by atoms with Crippen LogP contribution in [0.15, 0.2) is 53.5 Å². The normalized spacial score (nSPS) is 11.3. The van der Waals surface area contributed by atoms with Crippen LogP contribution in [0.3, 0.4) is 0 Å². The minimum atomic E-state index is -0.816. The molecule has 1 atom stereocenters. The molecule has 0 aliphatic rings. The maximum Gasteiger partial charge on any atom is 0.313 e. The van der Waals surface area contributed by atoms with Gasteiger partial charge in [0.15, 0.2) is 0 Å². The van der Waals surface area contributed by atoms with Crippen LogP contribution in [0.4, 0.5) is 17.1 Å². The highest BCUT2D eigenvalue weighted by molar-refractivity contribution is 6.39. The van der Waals surface area contributed by atoms with Crippen LogP contribution < -0.4 is 16.0 Å². The van der Waals surface area contributed by atoms with E-state index in [1.807, 2.05) is 30.3 Å². The molecule has 1 unspecified atom stereocenters. The Bertz CT molecular complexity index is 778. The lowest BCUT2D eigenvalue weighted by molar-refractivity contribution is -0.136. The Balaban J connectivity index is 1.98. The predicted octanol–water partition coefficient (Wildman–Crippen LogP) is 1.72. The van der Waals surface area contributed by atoms with Gasteiger partial charge in [0.1, 0.15) is 0 Å². The Kier molecular flexibility index (Phi) is 6.87. The van der Waals surface area contributed by atoms with Crippen molar-refractivity contribution in [3.8, 4) is 0 Å². The largest absolute Gasteiger partial charge is 0.394 e. The summed E-state index contributed by atoms with van der Waals surface area (Å²) in [5.41, 5.74) is 2.69. The summed E-state index contributed by atoms with van der Waals surface area (Å²) < 4.78 is 0. The lowest BCUT2D eigenvalue weighted by Crippen LogP contribution is -2.44. The van der Waals surface area contributed by atoms with E-state index in [-0.39, 0.29) is 6.61 Å². The summed E-state index contributed by atoms with van der Waals surface area (Å²) in [7, 11) is 1.75. The van der Waals surface area contributed by atoms with E-state index in [2.05, 4.69) is 27.7 Å². The number of nitrogens with zero attached hydrogens (tertiary/aromatic N) is 1. The molecule has 0 radical (unpaired) electrons. The number of rotatable bonds is 7. The quantitative estimate of drug-likeness (QED) is 0.449. The fourth-order valence-corrected chi connectivity index (χ4v) is 2.45. The number of benzene rings is 2. The predicted molar refractivity (Wildman–Crippen MR) is 103 cm³/mol. The monoisotopic (exact) mass is 354 g/mol. The van der Waals surface area contributed by atoms with Crippen LogP contribution in [-0.4, -0.2) is 43.3 Å². The maximum absolute atomic E-state index is 12.1. The number of aliphatic hydroxyl groups excluding tert-OH is 1. The molecule has 0 saturated carbocycles. The van der Waals surface area contributed by atoms with E-state index in [1.165, 1.54) is 0 Å². The van der Waals surface area contributed by atoms with E-state index in [4.69, 9.17) is 0 Å². The van der Waals surface area contributed by atoms with Crippen LogP contribution >= 0.6 is 0 Å². The summed E-state index contributed by atoms with van der Waals surface area (Å²) in [4.78, 5) is 28.1. The van der Waals surface area contributed by atoms with Gasteiger partial charge in [-0.3, -0.25) is 14.6 Å². The van der Waals surface area contributed by atoms with Crippen LogP contribution in [0.1, 0.15) is 5.56 Å². The van der Waals surface area contributed by atoms with Gasteiger partial charge in [-0.2, -0.15) is 0 Å². The number of hydrogen-bond acceptors (Lipinski definition) is 5. The van der Waals surface area contributed by atoms with E-state index >= 15 is 0 Å². The molecule has 4 N–H and O–H groups in total. The molecule has 7 heteroatoms. The third-order valence-corrected chi connectivity index (χ3v) is 3.78. The van der Waals surface area contributed by atoms with E-state index in [1.54, 1.807) is 25.2 Å². The molecule has 0 heterocycles. The molecule has 0 aliphatic carbocycles. The summed E-state index contributed by atoms with van der Waals surface area (Å²) in [5, 5.41) is 17.5. The average molecular weight is 354 g/mol. The molecule has 0 bridgehead atoms. The Morgan fingerprint density at radius 2 is 1.88 bits per heavy atom. The first-order valence-electron chi connectivity index (χ1n) is 8.12. The van der Waals surface area contributed by atoms with Gasteiger partial charge in [0.25, 0.3) is 0 Å². The molecule has 0 fully saturated rings. The zero-order valence-electron chi connectivity index (χ0n) is 14.5. The second-order valence-electron chi connectivity index (χ2n) is 5.64. The highest BCUT2D eigenvalue weighted by Crippen LogP contribution is 2.27. The highest BCUT2D eigenvalue weighted by Gasteiger charge is 2.19. The molecule has 26 heavy (non-hydrogen) atoms. The van der Waals surface area contributed by atoms with Crippen molar-refractivity contribution in [3.63, 3.8) is 0 Å². The van der Waals surface area contributed by atoms with Gasteiger partial charge in [0.05, 0.1) is 24.0 Å². The smallest absolute Gasteiger partial charge is 0.313 e. The van der Waals surface area contributed by atoms with Crippen molar-refractivity contribution in [1.29, 1.82) is 0 Å². The number of aliphatic hydroxyl groups is 1. The standard InChI is InChI=1S/C19H22N4O3/c1-20-16-9-8-14(11-17(16)21-2)22-18(25)19(26)23-15(12-24)10-13-6-4-3-5-7-13/h3-9,11,15,20,24H,2,10,12H2,1H3,(H,22,25)(H,23,26). The lowest BCUT2D eigenvalue weighted by atomic mass is 10.1. The van der Waals surface area contributed by atoms with Crippen molar-refractivity contribution in [2.24, 2.45) is 4.99 Å². The summed E-state index contributed by atoms with van der Waals surface area (Å²) in [6.45, 7) is 3.21. The average Bonchev–Trinajstić information content (AvgIpc) is 2.67. The molecule has 2 rings (SSSR count). The van der Waals surface area contributed by atoms with Gasteiger partial charge in [-0.15, -0.1) is 0 Å². The number of aliphatic imine (C=N–C) groups is 1. The molecular formula is C19H22N4O3. The fourth-order valence-electron chi connectivity index (χ4n) is 2.45. The minimum absolute atomic E-state index is 0.269. The van der Waals surface area contributed by atoms with Crippen molar-refractivity contribution in [2.45, 2.75) is 12.5 Å². The summed E-state index contributed by atoms with van der Waals surface area (Å²) in [6, 6.07) is 13.9. The number of nitrogens with one attached hydrogen (secondary N) is 3. The third-order valence-electron chi connectivity index (χ3n) is 3.78. The van der Waals surface area contributed by atoms with Gasteiger partial charge >= 0.3 is 11.8 Å². The van der Waals surface area contributed by atoms with Gasteiger partial charge in [0.2, 0.25) is 0 Å². The molecular weight excluding hydrogens is 332 g/mol. The van der Waals surface area contributed by atoms with Crippen molar-refractivity contribution < 1.29 is 14.7 Å². The summed E-state index contributed by atoms with van der Waals surface area (Å²) in [5.74, 6) is -1.63. The Morgan fingerprint density at radius 1 is 1.15 bits per heavy atom. The summed E-state index contributed by atoms with van der Waals surface area (Å²) >= 11 is 0. The zero-order valence-corrected chi connectivity index (χ0v) is 14.5. The first kappa shape index (κ1) is 19.1. The minimum Gasteiger partial charge on any atom is -0.394 e. The van der Waals surface area contributed by atoms with Crippen LogP contribution in [0, 0.1) is 0 Å². The van der Waals surface area contributed by atoms with Crippen LogP contribution in [-0.2, 0) is 16.0 Å². The molecule has 0 aliphatic heterocycles. The van der Waals surface area contributed by atoms with Crippen LogP contribution in [0.5, 0.6) is 0 Å². The second kappa shape index (κ2) is 9.33. The first-order valence-corrected chi connectivity index (χ1v) is 8.12. The molecule has 7 nitrogen and oxygen atoms in total. The molecule has 0 spiro atoms. The Morgan fingerprint density at radius 3 is 2.50 bits per heavy atom. The SMILES string of the molecule is C=Nc1cc(NC(=O)C(=O)NC(CO)Cc2ccccc2)ccc1NC. The van der Waals surface area contributed by atoms with Gasteiger partial charge in [-0.1, -0.05) is 30.3 Å². The first-order chi connectivity index (χ1) is 12.6. The number of anilines is 2. The molecule has 0 aromatic heterocycles. The van der Waals surface area contributed by atoms with Crippen LogP contribution in [0.2, 0.25) is 0 Å². The lowest BCUT2D eigenvalue weighted by Gasteiger charge is -2.16. The van der Waals surface area contributed by atoms with E-state index < -0.39 is 17.9 Å². The van der Waals surface area contributed by atoms with E-state index in [0.717, 1.165) is 11.3 Å². The molecule has 2 aromatic rings. The molecule has 2 aromatic carbocycles. The number of carbonyl (C=O) groups is 2. The third kappa shape index (κ3) is 5.15. The van der Waals surface area contributed by atoms with Crippen molar-refractivity contribution in [2.75, 3.05) is 24.3 Å². The Labute approximate surface area is 152 Å². The summed E-state index contributed by atoms with van der Waals surface area (Å²) in [6.07, 6.45) is 0.428. The van der Waals surface area contributed by atoms with E-state index in [9.17, 15) is 14.7 Å². The fraction of sp³-hybridized carbons (Fsp3) is 0.211. The zero-order chi connectivity index (χ0) is 18.9. The topological polar surface area (TPSA) is 103 Å². The van der Waals surface area contributed by atoms with Crippen LogP contribution in [0.25, 0.3) is 0 Å². The molecule has 0 saturated heterocycles. The molecule has 136 valence electrons. The van der Waals surface area contributed by atoms with Gasteiger partial charge in [-0.25, -0.2) is 0 Å². The van der Waals surface area contributed by atoms with Crippen molar-refractivity contribution in [1.82, 2.24) is 5.32 Å². The number of carbonyl (C=O) groups excluding carboxylic acids is 2. The van der Waals surface area contributed by atoms with Gasteiger partial charge in [0, 0.05) is 12.7 Å². The number of amides is 2. The van der Waals surface area contributed by atoms with E-state index in [0.29, 0.717) is 17.8 Å². The second-order valence-corrected chi connectivity index (χ2v) is 5.64. The number of hydrogen-bond donors (Lipinski definition) is 4. The van der Waals surface area contributed by atoms with Gasteiger partial charge < -0.3 is 21.1 Å². The Hall–Kier alpha value is -3.19.